The molecule has 0 radical (unpaired) electrons. The molecule has 2 aromatic carbocycles. The molecule has 0 saturated carbocycles. The molecule has 186 valence electrons. The third kappa shape index (κ3) is 5.33. The number of carboxylic acids is 1. The van der Waals surface area contributed by atoms with Crippen LogP contribution < -0.4 is 0 Å². The first-order chi connectivity index (χ1) is 17.1. The second-order valence-corrected chi connectivity index (χ2v) is 7.76. The molecule has 0 spiro atoms. The standard InChI is InChI=1S/C24H18F3N3O6/c25-24(26,27)18-19(13-5-2-1-3-6-13)29-35-21(18)23-28-22(30-36-23)15-11-9-14(10-12-15)20(34)16(31)7-4-8-17(32)33/h1-3,5-6,9-12,20,34H,4,7-8H2,(H,32,33). The van der Waals surface area contributed by atoms with Gasteiger partial charge in [0.05, 0.1) is 0 Å². The lowest BCUT2D eigenvalue weighted by Crippen LogP contribution is -2.12. The van der Waals surface area contributed by atoms with Gasteiger partial charge in [-0.05, 0) is 12.0 Å². The topological polar surface area (TPSA) is 140 Å². The van der Waals surface area contributed by atoms with E-state index in [0.717, 1.165) is 0 Å². The molecule has 0 aliphatic rings. The van der Waals surface area contributed by atoms with Gasteiger partial charge in [-0.3, -0.25) is 9.59 Å². The molecule has 2 N–H and O–H groups in total. The molecule has 2 aromatic heterocycles. The van der Waals surface area contributed by atoms with Gasteiger partial charge in [-0.2, -0.15) is 18.2 Å². The first kappa shape index (κ1) is 24.8. The number of Topliss-reactive ketones (excluding diaryl/α,β-unsaturated/α-hetero) is 1. The molecular formula is C24H18F3N3O6. The highest BCUT2D eigenvalue weighted by Crippen LogP contribution is 2.43. The summed E-state index contributed by atoms with van der Waals surface area (Å²) in [7, 11) is 0. The number of nitrogens with zero attached hydrogens (tertiary/aromatic N) is 3. The summed E-state index contributed by atoms with van der Waals surface area (Å²) < 4.78 is 51.6. The Balaban J connectivity index is 1.56. The maximum absolute atomic E-state index is 13.9. The Morgan fingerprint density at radius 2 is 1.61 bits per heavy atom. The van der Waals surface area contributed by atoms with E-state index in [1.807, 2.05) is 0 Å². The summed E-state index contributed by atoms with van der Waals surface area (Å²) in [5.41, 5.74) is -0.764. The van der Waals surface area contributed by atoms with Crippen LogP contribution in [0.25, 0.3) is 34.3 Å². The minimum Gasteiger partial charge on any atom is -0.481 e. The third-order valence-electron chi connectivity index (χ3n) is 5.25. The summed E-state index contributed by atoms with van der Waals surface area (Å²) in [6.45, 7) is 0. The Morgan fingerprint density at radius 1 is 0.917 bits per heavy atom. The highest BCUT2D eigenvalue weighted by molar-refractivity contribution is 5.84. The SMILES string of the molecule is O=C(O)CCCC(=O)C(O)c1ccc(-c2noc(-c3onc(-c4ccccc4)c3C(F)(F)F)n2)cc1. The molecule has 9 nitrogen and oxygen atoms in total. The van der Waals surface area contributed by atoms with Crippen molar-refractivity contribution in [1.82, 2.24) is 15.3 Å². The van der Waals surface area contributed by atoms with Crippen molar-refractivity contribution in [2.24, 2.45) is 0 Å². The largest absolute Gasteiger partial charge is 0.481 e. The summed E-state index contributed by atoms with van der Waals surface area (Å²) >= 11 is 0. The summed E-state index contributed by atoms with van der Waals surface area (Å²) in [6, 6.07) is 13.5. The predicted octanol–water partition coefficient (Wildman–Crippen LogP) is 4.93. The smallest absolute Gasteiger partial charge is 0.422 e. The van der Waals surface area contributed by atoms with Crippen LogP contribution in [0.2, 0.25) is 0 Å². The highest BCUT2D eigenvalue weighted by atomic mass is 19.4. The van der Waals surface area contributed by atoms with Crippen molar-refractivity contribution >= 4 is 11.8 Å². The molecule has 0 aliphatic carbocycles. The number of carbonyl (C=O) groups is 2. The van der Waals surface area contributed by atoms with E-state index in [1.54, 1.807) is 18.2 Å². The third-order valence-corrected chi connectivity index (χ3v) is 5.25. The van der Waals surface area contributed by atoms with Crippen molar-refractivity contribution in [3.63, 3.8) is 0 Å². The maximum atomic E-state index is 13.9. The van der Waals surface area contributed by atoms with Crippen LogP contribution in [0.5, 0.6) is 0 Å². The van der Waals surface area contributed by atoms with E-state index >= 15 is 0 Å². The Kier molecular flexibility index (Phi) is 6.97. The fourth-order valence-electron chi connectivity index (χ4n) is 3.48. The fourth-order valence-corrected chi connectivity index (χ4v) is 3.48. The van der Waals surface area contributed by atoms with Gasteiger partial charge < -0.3 is 19.3 Å². The van der Waals surface area contributed by atoms with Crippen LogP contribution in [0.1, 0.15) is 36.5 Å². The van der Waals surface area contributed by atoms with E-state index in [-0.39, 0.29) is 36.2 Å². The molecule has 36 heavy (non-hydrogen) atoms. The van der Waals surface area contributed by atoms with Crippen molar-refractivity contribution in [3.8, 4) is 34.3 Å². The molecule has 1 unspecified atom stereocenters. The molecule has 4 aromatic rings. The molecule has 0 fully saturated rings. The molecule has 0 amide bonds. The molecule has 12 heteroatoms. The number of ketones is 1. The molecule has 1 atom stereocenters. The second-order valence-electron chi connectivity index (χ2n) is 7.76. The van der Waals surface area contributed by atoms with Gasteiger partial charge in [-0.1, -0.05) is 64.9 Å². The van der Waals surface area contributed by atoms with Crippen molar-refractivity contribution in [2.75, 3.05) is 0 Å². The van der Waals surface area contributed by atoms with Crippen LogP contribution in [0.3, 0.4) is 0 Å². The number of hydrogen-bond donors (Lipinski definition) is 2. The zero-order chi connectivity index (χ0) is 25.9. The molecule has 4 rings (SSSR count). The van der Waals surface area contributed by atoms with Gasteiger partial charge in [0.1, 0.15) is 17.4 Å². The van der Waals surface area contributed by atoms with E-state index < -0.39 is 46.9 Å². The predicted molar refractivity (Wildman–Crippen MR) is 117 cm³/mol. The van der Waals surface area contributed by atoms with E-state index in [1.165, 1.54) is 36.4 Å². The zero-order valence-corrected chi connectivity index (χ0v) is 18.4. The Hall–Kier alpha value is -4.32. The van der Waals surface area contributed by atoms with Crippen LogP contribution in [0, 0.1) is 0 Å². The average molecular weight is 501 g/mol. The Morgan fingerprint density at radius 3 is 2.25 bits per heavy atom. The van der Waals surface area contributed by atoms with Gasteiger partial charge in [0.15, 0.2) is 5.78 Å². The first-order valence-electron chi connectivity index (χ1n) is 10.6. The lowest BCUT2D eigenvalue weighted by Gasteiger charge is -2.10. The van der Waals surface area contributed by atoms with Crippen LogP contribution in [0.4, 0.5) is 13.2 Å². The number of aliphatic hydroxyl groups excluding tert-OH is 1. The minimum atomic E-state index is -4.82. The van der Waals surface area contributed by atoms with Crippen LogP contribution in [-0.2, 0) is 15.8 Å². The van der Waals surface area contributed by atoms with Crippen molar-refractivity contribution < 1.29 is 42.0 Å². The molecular weight excluding hydrogens is 483 g/mol. The van der Waals surface area contributed by atoms with E-state index in [2.05, 4.69) is 15.3 Å². The van der Waals surface area contributed by atoms with Gasteiger partial charge in [-0.25, -0.2) is 0 Å². The van der Waals surface area contributed by atoms with Crippen molar-refractivity contribution in [2.45, 2.75) is 31.5 Å². The lowest BCUT2D eigenvalue weighted by atomic mass is 10.0. The number of carboxylic acid groups (broad SMARTS) is 1. The molecule has 2 heterocycles. The monoisotopic (exact) mass is 501 g/mol. The highest BCUT2D eigenvalue weighted by Gasteiger charge is 2.43. The van der Waals surface area contributed by atoms with Gasteiger partial charge in [-0.15, -0.1) is 0 Å². The number of carbonyl (C=O) groups excluding carboxylic acids is 1. The van der Waals surface area contributed by atoms with Crippen molar-refractivity contribution in [1.29, 1.82) is 0 Å². The fraction of sp³-hybridized carbons (Fsp3) is 0.208. The van der Waals surface area contributed by atoms with Crippen molar-refractivity contribution in [3.05, 3.63) is 65.7 Å². The van der Waals surface area contributed by atoms with Gasteiger partial charge in [0.25, 0.3) is 5.89 Å². The van der Waals surface area contributed by atoms with E-state index in [4.69, 9.17) is 14.2 Å². The number of rotatable bonds is 9. The molecule has 0 saturated heterocycles. The quantitative estimate of drug-likeness (QED) is 0.326. The van der Waals surface area contributed by atoms with Crippen LogP contribution >= 0.6 is 0 Å². The Labute approximate surface area is 201 Å². The first-order valence-corrected chi connectivity index (χ1v) is 10.6. The maximum Gasteiger partial charge on any atom is 0.422 e. The Bertz CT molecular complexity index is 1360. The lowest BCUT2D eigenvalue weighted by molar-refractivity contribution is -0.138. The summed E-state index contributed by atoms with van der Waals surface area (Å²) in [5.74, 6) is -2.87. The zero-order valence-electron chi connectivity index (χ0n) is 18.4. The number of benzene rings is 2. The van der Waals surface area contributed by atoms with E-state index in [0.29, 0.717) is 5.56 Å². The summed E-state index contributed by atoms with van der Waals surface area (Å²) in [6.07, 6.45) is -6.46. The second kappa shape index (κ2) is 10.1. The molecule has 0 aliphatic heterocycles. The number of hydrogen-bond acceptors (Lipinski definition) is 8. The van der Waals surface area contributed by atoms with Gasteiger partial charge in [0.2, 0.25) is 11.6 Å². The summed E-state index contributed by atoms with van der Waals surface area (Å²) in [5, 5.41) is 26.1. The van der Waals surface area contributed by atoms with Gasteiger partial charge >= 0.3 is 12.1 Å². The van der Waals surface area contributed by atoms with Crippen LogP contribution in [0.15, 0.2) is 63.6 Å². The van der Waals surface area contributed by atoms with Gasteiger partial charge in [0, 0.05) is 24.0 Å². The normalized spacial score (nSPS) is 12.4. The number of aliphatic hydroxyl groups is 1. The summed E-state index contributed by atoms with van der Waals surface area (Å²) in [4.78, 5) is 26.6. The average Bonchev–Trinajstić information content (AvgIpc) is 3.51. The molecule has 0 bridgehead atoms. The minimum absolute atomic E-state index is 0.0513. The number of aliphatic carboxylic acids is 1. The number of aromatic nitrogens is 3. The number of halogens is 3. The van der Waals surface area contributed by atoms with Crippen LogP contribution in [-0.4, -0.2) is 37.3 Å². The van der Waals surface area contributed by atoms with E-state index in [9.17, 15) is 27.9 Å². The number of alkyl halides is 3.